The molecule has 0 unspecified atom stereocenters. The average molecular weight is 365 g/mol. The minimum Gasteiger partial charge on any atom is -0.402 e. The fourth-order valence-electron chi connectivity index (χ4n) is 2.88. The van der Waals surface area contributed by atoms with E-state index in [0.717, 1.165) is 16.5 Å². The molecule has 0 fully saturated rings. The number of halogens is 1. The molecule has 26 heavy (non-hydrogen) atoms. The molecular weight excluding hydrogens is 352 g/mol. The number of fused-ring (bicyclic) bond motifs is 1. The lowest BCUT2D eigenvalue weighted by atomic mass is 10.1. The molecule has 128 valence electrons. The Labute approximate surface area is 154 Å². The van der Waals surface area contributed by atoms with Crippen LogP contribution in [0.25, 0.3) is 17.0 Å². The average Bonchev–Trinajstić information content (AvgIpc) is 3.17. The van der Waals surface area contributed by atoms with Crippen LogP contribution in [0.4, 0.5) is 0 Å². The first-order valence-electron chi connectivity index (χ1n) is 7.92. The summed E-state index contributed by atoms with van der Waals surface area (Å²) in [6.45, 7) is 1.49. The van der Waals surface area contributed by atoms with Gasteiger partial charge in [0.2, 0.25) is 11.8 Å². The van der Waals surface area contributed by atoms with Gasteiger partial charge in [0.1, 0.15) is 0 Å². The fraction of sp³-hybridized carbons (Fsp3) is 0.0500. The summed E-state index contributed by atoms with van der Waals surface area (Å²) in [5, 5.41) is 1.39. The lowest BCUT2D eigenvalue weighted by Crippen LogP contribution is -2.05. The van der Waals surface area contributed by atoms with Crippen LogP contribution in [0.5, 0.6) is 0 Å². The second-order valence-corrected chi connectivity index (χ2v) is 6.27. The minimum atomic E-state index is -0.542. The molecule has 1 aliphatic rings. The van der Waals surface area contributed by atoms with Crippen LogP contribution in [0.1, 0.15) is 22.8 Å². The second-order valence-electron chi connectivity index (χ2n) is 5.84. The van der Waals surface area contributed by atoms with E-state index >= 15 is 0 Å². The standard InChI is InChI=1S/C20H13ClN2O3/c1-12(24)23-11-14(16-7-2-3-8-18(16)23)10-17-20(25)26-19(22-17)13-5-4-6-15(21)9-13/h2-11H,1H3. The number of esters is 1. The van der Waals surface area contributed by atoms with Crippen molar-refractivity contribution in [1.29, 1.82) is 0 Å². The van der Waals surface area contributed by atoms with Crippen LogP contribution in [0.2, 0.25) is 5.02 Å². The third-order valence-electron chi connectivity index (χ3n) is 4.07. The maximum atomic E-state index is 12.2. The first kappa shape index (κ1) is 16.3. The molecule has 0 radical (unpaired) electrons. The monoisotopic (exact) mass is 364 g/mol. The van der Waals surface area contributed by atoms with Crippen molar-refractivity contribution in [3.63, 3.8) is 0 Å². The second kappa shape index (κ2) is 6.28. The number of cyclic esters (lactones) is 1. The third kappa shape index (κ3) is 2.82. The number of carbonyl (C=O) groups excluding carboxylic acids is 2. The smallest absolute Gasteiger partial charge is 0.363 e. The Morgan fingerprint density at radius 3 is 2.77 bits per heavy atom. The predicted octanol–water partition coefficient (Wildman–Crippen LogP) is 4.30. The Kier molecular flexibility index (Phi) is 3.93. The van der Waals surface area contributed by atoms with E-state index in [2.05, 4.69) is 4.99 Å². The Bertz CT molecular complexity index is 1130. The molecule has 0 atom stereocenters. The topological polar surface area (TPSA) is 60.7 Å². The van der Waals surface area contributed by atoms with Crippen molar-refractivity contribution in [3.8, 4) is 0 Å². The van der Waals surface area contributed by atoms with E-state index < -0.39 is 5.97 Å². The summed E-state index contributed by atoms with van der Waals surface area (Å²) < 4.78 is 6.81. The van der Waals surface area contributed by atoms with E-state index in [1.165, 1.54) is 6.92 Å². The van der Waals surface area contributed by atoms with E-state index in [-0.39, 0.29) is 17.5 Å². The van der Waals surface area contributed by atoms with Crippen molar-refractivity contribution in [2.75, 3.05) is 0 Å². The third-order valence-corrected chi connectivity index (χ3v) is 4.30. The normalized spacial score (nSPS) is 15.4. The molecule has 2 aromatic carbocycles. The molecule has 3 aromatic rings. The van der Waals surface area contributed by atoms with Gasteiger partial charge in [-0.25, -0.2) is 9.79 Å². The SMILES string of the molecule is CC(=O)n1cc(C=C2N=C(c3cccc(Cl)c3)OC2=O)c2ccccc21. The van der Waals surface area contributed by atoms with Gasteiger partial charge in [-0.1, -0.05) is 35.9 Å². The van der Waals surface area contributed by atoms with Crippen LogP contribution in [0, 0.1) is 0 Å². The van der Waals surface area contributed by atoms with E-state index in [0.29, 0.717) is 10.6 Å². The predicted molar refractivity (Wildman–Crippen MR) is 100 cm³/mol. The van der Waals surface area contributed by atoms with Crippen molar-refractivity contribution >= 4 is 46.4 Å². The van der Waals surface area contributed by atoms with Crippen molar-refractivity contribution in [1.82, 2.24) is 4.57 Å². The highest BCUT2D eigenvalue weighted by Gasteiger charge is 2.25. The van der Waals surface area contributed by atoms with Crippen molar-refractivity contribution in [3.05, 3.63) is 76.6 Å². The number of hydrogen-bond acceptors (Lipinski definition) is 4. The first-order valence-corrected chi connectivity index (χ1v) is 8.30. The van der Waals surface area contributed by atoms with E-state index in [1.807, 2.05) is 24.3 Å². The molecule has 1 aromatic heterocycles. The molecule has 0 N–H and O–H groups in total. The van der Waals surface area contributed by atoms with E-state index in [9.17, 15) is 9.59 Å². The number of benzene rings is 2. The lowest BCUT2D eigenvalue weighted by Gasteiger charge is -1.98. The summed E-state index contributed by atoms with van der Waals surface area (Å²) in [6.07, 6.45) is 3.32. The maximum absolute atomic E-state index is 12.2. The Balaban J connectivity index is 1.80. The Hall–Kier alpha value is -3.18. The molecular formula is C20H13ClN2O3. The number of carbonyl (C=O) groups is 2. The molecule has 0 saturated heterocycles. The Morgan fingerprint density at radius 2 is 2.00 bits per heavy atom. The first-order chi connectivity index (χ1) is 12.5. The lowest BCUT2D eigenvalue weighted by molar-refractivity contribution is -0.129. The largest absolute Gasteiger partial charge is 0.402 e. The number of aliphatic imine (C=N–C) groups is 1. The maximum Gasteiger partial charge on any atom is 0.363 e. The molecule has 6 heteroatoms. The highest BCUT2D eigenvalue weighted by molar-refractivity contribution is 6.31. The van der Waals surface area contributed by atoms with Crippen LogP contribution in [-0.4, -0.2) is 22.3 Å². The van der Waals surface area contributed by atoms with Crippen LogP contribution in [-0.2, 0) is 9.53 Å². The van der Waals surface area contributed by atoms with Gasteiger partial charge in [0.15, 0.2) is 5.70 Å². The van der Waals surface area contributed by atoms with Gasteiger partial charge in [0, 0.05) is 34.7 Å². The van der Waals surface area contributed by atoms with E-state index in [1.54, 1.807) is 41.1 Å². The summed E-state index contributed by atoms with van der Waals surface area (Å²) in [6, 6.07) is 14.4. The highest BCUT2D eigenvalue weighted by atomic mass is 35.5. The molecule has 0 saturated carbocycles. The summed E-state index contributed by atoms with van der Waals surface area (Å²) in [5.41, 5.74) is 2.29. The zero-order chi connectivity index (χ0) is 18.3. The van der Waals surface area contributed by atoms with Crippen LogP contribution in [0.3, 0.4) is 0 Å². The van der Waals surface area contributed by atoms with Gasteiger partial charge in [-0.3, -0.25) is 9.36 Å². The van der Waals surface area contributed by atoms with Crippen molar-refractivity contribution in [2.24, 2.45) is 4.99 Å². The fourth-order valence-corrected chi connectivity index (χ4v) is 3.07. The van der Waals surface area contributed by atoms with Gasteiger partial charge < -0.3 is 4.74 Å². The quantitative estimate of drug-likeness (QED) is 0.503. The molecule has 0 bridgehead atoms. The number of aromatic nitrogens is 1. The van der Waals surface area contributed by atoms with Gasteiger partial charge in [-0.05, 0) is 30.3 Å². The summed E-state index contributed by atoms with van der Waals surface area (Å²) in [4.78, 5) is 28.4. The molecule has 4 rings (SSSR count). The van der Waals surface area contributed by atoms with Crippen LogP contribution < -0.4 is 0 Å². The molecule has 2 heterocycles. The zero-order valence-corrected chi connectivity index (χ0v) is 14.5. The van der Waals surface area contributed by atoms with Gasteiger partial charge in [0.25, 0.3) is 0 Å². The summed E-state index contributed by atoms with van der Waals surface area (Å²) in [5.74, 6) is -0.443. The molecule has 0 spiro atoms. The van der Waals surface area contributed by atoms with Gasteiger partial charge in [-0.15, -0.1) is 0 Å². The van der Waals surface area contributed by atoms with Gasteiger partial charge in [-0.2, -0.15) is 0 Å². The zero-order valence-electron chi connectivity index (χ0n) is 13.8. The van der Waals surface area contributed by atoms with Crippen LogP contribution in [0.15, 0.2) is 65.4 Å². The Morgan fingerprint density at radius 1 is 1.19 bits per heavy atom. The molecule has 0 amide bonds. The minimum absolute atomic E-state index is 0.108. The van der Waals surface area contributed by atoms with Gasteiger partial charge >= 0.3 is 5.97 Å². The molecule has 5 nitrogen and oxygen atoms in total. The number of para-hydroxylation sites is 1. The number of ether oxygens (including phenoxy) is 1. The van der Waals surface area contributed by atoms with Gasteiger partial charge in [0.05, 0.1) is 5.52 Å². The van der Waals surface area contributed by atoms with Crippen molar-refractivity contribution < 1.29 is 14.3 Å². The van der Waals surface area contributed by atoms with E-state index in [4.69, 9.17) is 16.3 Å². The summed E-state index contributed by atoms with van der Waals surface area (Å²) in [7, 11) is 0. The molecule has 0 aliphatic carbocycles. The number of rotatable bonds is 2. The molecule has 1 aliphatic heterocycles. The van der Waals surface area contributed by atoms with Crippen LogP contribution >= 0.6 is 11.6 Å². The van der Waals surface area contributed by atoms with Crippen molar-refractivity contribution in [2.45, 2.75) is 6.92 Å². The summed E-state index contributed by atoms with van der Waals surface area (Å²) >= 11 is 5.98. The highest BCUT2D eigenvalue weighted by Crippen LogP contribution is 2.26. The number of hydrogen-bond donors (Lipinski definition) is 0. The number of nitrogens with zero attached hydrogens (tertiary/aromatic N) is 2.